The number of rotatable bonds is 4. The highest BCUT2D eigenvalue weighted by atomic mass is 35.5. The van der Waals surface area contributed by atoms with Gasteiger partial charge in [-0.15, -0.1) is 12.4 Å². The van der Waals surface area contributed by atoms with Crippen molar-refractivity contribution < 1.29 is 8.42 Å². The van der Waals surface area contributed by atoms with Crippen molar-refractivity contribution in [1.29, 1.82) is 0 Å². The first-order valence-corrected chi connectivity index (χ1v) is 7.94. The van der Waals surface area contributed by atoms with Crippen molar-refractivity contribution >= 4 is 22.6 Å². The first-order valence-electron chi connectivity index (χ1n) is 6.54. The van der Waals surface area contributed by atoms with Crippen LogP contribution in [0.25, 0.3) is 0 Å². The van der Waals surface area contributed by atoms with Crippen molar-refractivity contribution in [3.8, 4) is 0 Å². The Bertz CT molecular complexity index is 384. The smallest absolute Gasteiger partial charge is 0.281 e. The van der Waals surface area contributed by atoms with Crippen LogP contribution in [0, 0.1) is 11.3 Å². The van der Waals surface area contributed by atoms with Gasteiger partial charge >= 0.3 is 0 Å². The number of hydrogen-bond donors (Lipinski definition) is 1. The molecule has 1 saturated heterocycles. The van der Waals surface area contributed by atoms with Gasteiger partial charge in [-0.1, -0.05) is 27.7 Å². The summed E-state index contributed by atoms with van der Waals surface area (Å²) in [5.41, 5.74) is 5.88. The maximum absolute atomic E-state index is 12.4. The molecule has 0 radical (unpaired) electrons. The van der Waals surface area contributed by atoms with Crippen molar-refractivity contribution in [3.63, 3.8) is 0 Å². The highest BCUT2D eigenvalue weighted by molar-refractivity contribution is 7.86. The molecule has 0 bridgehead atoms. The molecule has 2 N–H and O–H groups in total. The normalized spacial score (nSPS) is 24.5. The third kappa shape index (κ3) is 4.56. The molecule has 1 heterocycles. The van der Waals surface area contributed by atoms with Crippen LogP contribution < -0.4 is 5.73 Å². The fourth-order valence-electron chi connectivity index (χ4n) is 2.33. The maximum atomic E-state index is 12.4. The molecular formula is C12H28ClN3O2S. The fraction of sp³-hybridized carbons (Fsp3) is 1.00. The average molecular weight is 314 g/mol. The molecule has 1 unspecified atom stereocenters. The molecule has 0 aliphatic carbocycles. The van der Waals surface area contributed by atoms with E-state index in [1.165, 1.54) is 4.31 Å². The third-order valence-electron chi connectivity index (χ3n) is 3.62. The molecule has 0 spiro atoms. The standard InChI is InChI=1S/C12H27N3O2S.ClH/c1-10(2)8-14(5)18(16,17)15-7-6-11(13)12(3,4)9-15;/h10-11H,6-9,13H2,1-5H3;1H. The monoisotopic (exact) mass is 313 g/mol. The Hall–Kier alpha value is 0.120. The number of halogens is 1. The van der Waals surface area contributed by atoms with E-state index in [0.29, 0.717) is 25.6 Å². The Kier molecular flexibility index (Phi) is 6.76. The van der Waals surface area contributed by atoms with Gasteiger partial charge in [-0.05, 0) is 17.8 Å². The molecule has 1 fully saturated rings. The molecule has 1 atom stereocenters. The number of nitrogens with zero attached hydrogens (tertiary/aromatic N) is 2. The molecule has 1 aliphatic heterocycles. The minimum atomic E-state index is -3.34. The summed E-state index contributed by atoms with van der Waals surface area (Å²) >= 11 is 0. The van der Waals surface area contributed by atoms with Gasteiger partial charge in [-0.25, -0.2) is 0 Å². The zero-order valence-electron chi connectivity index (χ0n) is 12.6. The Labute approximate surface area is 124 Å². The molecule has 0 aromatic heterocycles. The topological polar surface area (TPSA) is 66.6 Å². The summed E-state index contributed by atoms with van der Waals surface area (Å²) < 4.78 is 27.9. The van der Waals surface area contributed by atoms with Crippen LogP contribution in [0.1, 0.15) is 34.1 Å². The molecule has 0 aromatic carbocycles. The van der Waals surface area contributed by atoms with Crippen LogP contribution in [0.5, 0.6) is 0 Å². The number of hydrogen-bond acceptors (Lipinski definition) is 3. The SMILES string of the molecule is CC(C)CN(C)S(=O)(=O)N1CCC(N)C(C)(C)C1.Cl. The molecule has 1 rings (SSSR count). The van der Waals surface area contributed by atoms with Crippen LogP contribution in [-0.4, -0.2) is 49.8 Å². The van der Waals surface area contributed by atoms with Gasteiger partial charge in [-0.3, -0.25) is 0 Å². The predicted molar refractivity (Wildman–Crippen MR) is 81.6 cm³/mol. The average Bonchev–Trinajstić information content (AvgIpc) is 2.20. The van der Waals surface area contributed by atoms with Gasteiger partial charge in [0.2, 0.25) is 0 Å². The quantitative estimate of drug-likeness (QED) is 0.850. The first-order chi connectivity index (χ1) is 8.07. The molecule has 0 amide bonds. The lowest BCUT2D eigenvalue weighted by molar-refractivity contribution is 0.149. The van der Waals surface area contributed by atoms with Gasteiger partial charge in [0.15, 0.2) is 0 Å². The number of piperidine rings is 1. The van der Waals surface area contributed by atoms with Crippen LogP contribution in [0.15, 0.2) is 0 Å². The summed E-state index contributed by atoms with van der Waals surface area (Å²) in [5, 5.41) is 0. The summed E-state index contributed by atoms with van der Waals surface area (Å²) in [7, 11) is -1.69. The van der Waals surface area contributed by atoms with Crippen molar-refractivity contribution in [1.82, 2.24) is 8.61 Å². The second-order valence-electron chi connectivity index (χ2n) is 6.40. The van der Waals surface area contributed by atoms with E-state index in [4.69, 9.17) is 5.73 Å². The molecule has 0 aromatic rings. The van der Waals surface area contributed by atoms with E-state index >= 15 is 0 Å². The second-order valence-corrected chi connectivity index (χ2v) is 8.43. The number of nitrogens with two attached hydrogens (primary N) is 1. The van der Waals surface area contributed by atoms with Crippen LogP contribution in [0.2, 0.25) is 0 Å². The second kappa shape index (κ2) is 6.72. The zero-order chi connectivity index (χ0) is 14.1. The lowest BCUT2D eigenvalue weighted by Crippen LogP contribution is -2.56. The fourth-order valence-corrected chi connectivity index (χ4v) is 4.04. The van der Waals surface area contributed by atoms with E-state index in [1.54, 1.807) is 11.4 Å². The molecule has 5 nitrogen and oxygen atoms in total. The zero-order valence-corrected chi connectivity index (χ0v) is 14.2. The molecule has 7 heteroatoms. The Morgan fingerprint density at radius 1 is 1.42 bits per heavy atom. The molecular weight excluding hydrogens is 286 g/mol. The van der Waals surface area contributed by atoms with E-state index in [9.17, 15) is 8.42 Å². The Balaban J connectivity index is 0.00000324. The van der Waals surface area contributed by atoms with Gasteiger partial charge < -0.3 is 5.73 Å². The van der Waals surface area contributed by atoms with Crippen molar-refractivity contribution in [3.05, 3.63) is 0 Å². The predicted octanol–water partition coefficient (Wildman–Crippen LogP) is 1.30. The van der Waals surface area contributed by atoms with E-state index in [0.717, 1.165) is 6.42 Å². The summed E-state index contributed by atoms with van der Waals surface area (Å²) in [6.45, 7) is 9.66. The summed E-state index contributed by atoms with van der Waals surface area (Å²) in [6, 6.07) is 0.0688. The van der Waals surface area contributed by atoms with Crippen LogP contribution in [-0.2, 0) is 10.2 Å². The highest BCUT2D eigenvalue weighted by Crippen LogP contribution is 2.29. The van der Waals surface area contributed by atoms with Gasteiger partial charge in [0.25, 0.3) is 10.2 Å². The summed E-state index contributed by atoms with van der Waals surface area (Å²) in [5.74, 6) is 0.324. The Morgan fingerprint density at radius 3 is 2.37 bits per heavy atom. The van der Waals surface area contributed by atoms with E-state index < -0.39 is 10.2 Å². The van der Waals surface area contributed by atoms with Crippen LogP contribution >= 0.6 is 12.4 Å². The lowest BCUT2D eigenvalue weighted by atomic mass is 9.81. The maximum Gasteiger partial charge on any atom is 0.281 e. The van der Waals surface area contributed by atoms with E-state index in [1.807, 2.05) is 27.7 Å². The molecule has 0 saturated carbocycles. The van der Waals surface area contributed by atoms with Gasteiger partial charge in [0, 0.05) is 32.7 Å². The van der Waals surface area contributed by atoms with Crippen molar-refractivity contribution in [2.75, 3.05) is 26.7 Å². The van der Waals surface area contributed by atoms with Crippen LogP contribution in [0.3, 0.4) is 0 Å². The third-order valence-corrected chi connectivity index (χ3v) is 5.52. The summed E-state index contributed by atoms with van der Waals surface area (Å²) in [4.78, 5) is 0. The minimum absolute atomic E-state index is 0. The van der Waals surface area contributed by atoms with Gasteiger partial charge in [-0.2, -0.15) is 17.0 Å². The first kappa shape index (κ1) is 19.1. The largest absolute Gasteiger partial charge is 0.327 e. The lowest BCUT2D eigenvalue weighted by Gasteiger charge is -2.42. The summed E-state index contributed by atoms with van der Waals surface area (Å²) in [6.07, 6.45) is 0.724. The van der Waals surface area contributed by atoms with Gasteiger partial charge in [0.1, 0.15) is 0 Å². The molecule has 116 valence electrons. The van der Waals surface area contributed by atoms with Crippen molar-refractivity contribution in [2.45, 2.75) is 40.2 Å². The minimum Gasteiger partial charge on any atom is -0.327 e. The van der Waals surface area contributed by atoms with Crippen LogP contribution in [0.4, 0.5) is 0 Å². The van der Waals surface area contributed by atoms with Gasteiger partial charge in [0.05, 0.1) is 0 Å². The molecule has 19 heavy (non-hydrogen) atoms. The van der Waals surface area contributed by atoms with Crippen molar-refractivity contribution in [2.24, 2.45) is 17.1 Å². The molecule has 1 aliphatic rings. The highest BCUT2D eigenvalue weighted by Gasteiger charge is 2.39. The van der Waals surface area contributed by atoms with E-state index in [-0.39, 0.29) is 23.9 Å². The van der Waals surface area contributed by atoms with E-state index in [2.05, 4.69) is 0 Å². The Morgan fingerprint density at radius 2 is 1.95 bits per heavy atom.